The van der Waals surface area contributed by atoms with Crippen molar-refractivity contribution in [2.75, 3.05) is 0 Å². The van der Waals surface area contributed by atoms with Crippen LogP contribution < -0.4 is 0 Å². The Hall–Kier alpha value is -0.0800. The molecular formula is C13H22O2. The van der Waals surface area contributed by atoms with Crippen molar-refractivity contribution < 1.29 is 10.2 Å². The highest BCUT2D eigenvalue weighted by molar-refractivity contribution is 5.23. The maximum atomic E-state index is 10.5. The third-order valence-corrected chi connectivity index (χ3v) is 5.81. The molecule has 0 unspecified atom stereocenters. The van der Waals surface area contributed by atoms with Crippen molar-refractivity contribution in [2.45, 2.75) is 58.2 Å². The van der Waals surface area contributed by atoms with E-state index in [1.807, 2.05) is 0 Å². The first-order chi connectivity index (χ1) is 6.80. The van der Waals surface area contributed by atoms with E-state index in [-0.39, 0.29) is 5.41 Å². The summed E-state index contributed by atoms with van der Waals surface area (Å²) in [6.07, 6.45) is 3.68. The first-order valence-corrected chi connectivity index (χ1v) is 6.21. The van der Waals surface area contributed by atoms with Crippen molar-refractivity contribution in [2.24, 2.45) is 22.7 Å². The van der Waals surface area contributed by atoms with E-state index in [4.69, 9.17) is 0 Å². The van der Waals surface area contributed by atoms with E-state index in [1.54, 1.807) is 0 Å². The molecule has 0 aliphatic heterocycles. The van der Waals surface area contributed by atoms with Crippen molar-refractivity contribution >= 4 is 0 Å². The number of fused-ring (bicyclic) bond motifs is 3. The molecule has 3 rings (SSSR count). The van der Waals surface area contributed by atoms with E-state index in [9.17, 15) is 10.2 Å². The minimum absolute atomic E-state index is 0.00481. The SMILES string of the molecule is CC1(C)C[C@H]2[C@@H](O)[C@]3(O)CC[C@]3(C)[C@H]2C1. The van der Waals surface area contributed by atoms with Gasteiger partial charge in [0.25, 0.3) is 0 Å². The van der Waals surface area contributed by atoms with E-state index in [0.29, 0.717) is 17.3 Å². The van der Waals surface area contributed by atoms with Crippen LogP contribution >= 0.6 is 0 Å². The Morgan fingerprint density at radius 2 is 1.73 bits per heavy atom. The summed E-state index contributed by atoms with van der Waals surface area (Å²) in [6, 6.07) is 0. The Morgan fingerprint density at radius 3 is 2.27 bits per heavy atom. The van der Waals surface area contributed by atoms with Gasteiger partial charge < -0.3 is 10.2 Å². The second-order valence-corrected chi connectivity index (χ2v) is 7.13. The molecule has 2 heteroatoms. The van der Waals surface area contributed by atoms with E-state index >= 15 is 0 Å². The molecule has 3 aliphatic rings. The van der Waals surface area contributed by atoms with E-state index in [0.717, 1.165) is 19.3 Å². The monoisotopic (exact) mass is 210 g/mol. The number of aliphatic hydroxyl groups excluding tert-OH is 1. The normalized spacial score (nSPS) is 61.0. The molecular weight excluding hydrogens is 188 g/mol. The molecule has 0 spiro atoms. The fraction of sp³-hybridized carbons (Fsp3) is 1.00. The summed E-state index contributed by atoms with van der Waals surface area (Å²) in [5.41, 5.74) is -0.389. The fourth-order valence-corrected chi connectivity index (χ4v) is 4.76. The van der Waals surface area contributed by atoms with Gasteiger partial charge in [0.2, 0.25) is 0 Å². The predicted molar refractivity (Wildman–Crippen MR) is 58.3 cm³/mol. The zero-order valence-corrected chi connectivity index (χ0v) is 9.95. The van der Waals surface area contributed by atoms with Gasteiger partial charge in [0.05, 0.1) is 11.7 Å². The summed E-state index contributed by atoms with van der Waals surface area (Å²) in [5, 5.41) is 20.8. The highest BCUT2D eigenvalue weighted by atomic mass is 16.3. The zero-order valence-electron chi connectivity index (χ0n) is 9.95. The summed E-state index contributed by atoms with van der Waals surface area (Å²) in [5.74, 6) is 0.888. The molecule has 5 atom stereocenters. The molecule has 0 bridgehead atoms. The van der Waals surface area contributed by atoms with Gasteiger partial charge in [0.15, 0.2) is 0 Å². The third kappa shape index (κ3) is 0.938. The lowest BCUT2D eigenvalue weighted by molar-refractivity contribution is -0.196. The highest BCUT2D eigenvalue weighted by Gasteiger charge is 2.73. The Bertz CT molecular complexity index is 312. The maximum absolute atomic E-state index is 10.5. The van der Waals surface area contributed by atoms with Crippen molar-refractivity contribution in [1.29, 1.82) is 0 Å². The van der Waals surface area contributed by atoms with Crippen LogP contribution in [0.3, 0.4) is 0 Å². The standard InChI is InChI=1S/C13H22O2/c1-11(2)6-8-9(7-11)12(3)4-5-13(12,15)10(8)14/h8-10,14-15H,4-7H2,1-3H3/t8-,9+,10-,12-,13-/m1/s1. The smallest absolute Gasteiger partial charge is 0.0964 e. The van der Waals surface area contributed by atoms with Crippen LogP contribution in [0.5, 0.6) is 0 Å². The Kier molecular flexibility index (Phi) is 1.64. The molecule has 0 saturated heterocycles. The van der Waals surface area contributed by atoms with Crippen molar-refractivity contribution in [1.82, 2.24) is 0 Å². The first-order valence-electron chi connectivity index (χ1n) is 6.21. The van der Waals surface area contributed by atoms with Crippen molar-refractivity contribution in [3.63, 3.8) is 0 Å². The fourth-order valence-electron chi connectivity index (χ4n) is 4.76. The van der Waals surface area contributed by atoms with Crippen LogP contribution in [-0.4, -0.2) is 21.9 Å². The molecule has 0 heterocycles. The van der Waals surface area contributed by atoms with Gasteiger partial charge in [-0.15, -0.1) is 0 Å². The minimum atomic E-state index is -0.751. The Morgan fingerprint density at radius 1 is 1.07 bits per heavy atom. The largest absolute Gasteiger partial charge is 0.390 e. The van der Waals surface area contributed by atoms with Crippen LogP contribution in [0.1, 0.15) is 46.5 Å². The van der Waals surface area contributed by atoms with E-state index in [2.05, 4.69) is 20.8 Å². The van der Waals surface area contributed by atoms with Crippen LogP contribution in [0, 0.1) is 22.7 Å². The molecule has 0 radical (unpaired) electrons. The lowest BCUT2D eigenvalue weighted by Crippen LogP contribution is -2.59. The van der Waals surface area contributed by atoms with E-state index < -0.39 is 11.7 Å². The molecule has 0 aromatic carbocycles. The predicted octanol–water partition coefficient (Wildman–Crippen LogP) is 1.94. The van der Waals surface area contributed by atoms with Crippen LogP contribution in [0.2, 0.25) is 0 Å². The lowest BCUT2D eigenvalue weighted by Gasteiger charge is -2.54. The Labute approximate surface area is 91.7 Å². The summed E-state index contributed by atoms with van der Waals surface area (Å²) in [7, 11) is 0. The molecule has 2 N–H and O–H groups in total. The molecule has 86 valence electrons. The van der Waals surface area contributed by atoms with Gasteiger partial charge in [-0.05, 0) is 42.9 Å². The average molecular weight is 210 g/mol. The number of hydrogen-bond acceptors (Lipinski definition) is 2. The quantitative estimate of drug-likeness (QED) is 0.641. The summed E-state index contributed by atoms with van der Waals surface area (Å²) in [4.78, 5) is 0. The minimum Gasteiger partial charge on any atom is -0.390 e. The van der Waals surface area contributed by atoms with Gasteiger partial charge in [-0.3, -0.25) is 0 Å². The zero-order chi connectivity index (χ0) is 11.1. The van der Waals surface area contributed by atoms with Crippen molar-refractivity contribution in [3.05, 3.63) is 0 Å². The number of rotatable bonds is 0. The van der Waals surface area contributed by atoms with Crippen molar-refractivity contribution in [3.8, 4) is 0 Å². The van der Waals surface area contributed by atoms with Gasteiger partial charge in [-0.2, -0.15) is 0 Å². The summed E-state index contributed by atoms with van der Waals surface area (Å²) >= 11 is 0. The second kappa shape index (κ2) is 2.43. The number of aliphatic hydroxyl groups is 2. The summed E-state index contributed by atoms with van der Waals surface area (Å²) in [6.45, 7) is 6.77. The molecule has 3 aliphatic carbocycles. The third-order valence-electron chi connectivity index (χ3n) is 5.81. The van der Waals surface area contributed by atoms with Gasteiger partial charge in [-0.1, -0.05) is 20.8 Å². The van der Waals surface area contributed by atoms with E-state index in [1.165, 1.54) is 6.42 Å². The topological polar surface area (TPSA) is 40.5 Å². The van der Waals surface area contributed by atoms with Gasteiger partial charge in [0, 0.05) is 5.41 Å². The van der Waals surface area contributed by atoms with Crippen LogP contribution in [0.15, 0.2) is 0 Å². The van der Waals surface area contributed by atoms with Gasteiger partial charge in [-0.25, -0.2) is 0 Å². The summed E-state index contributed by atoms with van der Waals surface area (Å²) < 4.78 is 0. The number of hydrogen-bond donors (Lipinski definition) is 2. The molecule has 15 heavy (non-hydrogen) atoms. The van der Waals surface area contributed by atoms with Gasteiger partial charge >= 0.3 is 0 Å². The lowest BCUT2D eigenvalue weighted by atomic mass is 9.55. The highest BCUT2D eigenvalue weighted by Crippen LogP contribution is 2.71. The van der Waals surface area contributed by atoms with Crippen LogP contribution in [0.4, 0.5) is 0 Å². The molecule has 2 nitrogen and oxygen atoms in total. The van der Waals surface area contributed by atoms with Gasteiger partial charge in [0.1, 0.15) is 0 Å². The molecule has 0 aromatic heterocycles. The Balaban J connectivity index is 1.99. The first kappa shape index (κ1) is 10.1. The average Bonchev–Trinajstić information content (AvgIpc) is 2.52. The second-order valence-electron chi connectivity index (χ2n) is 7.13. The molecule has 0 aromatic rings. The van der Waals surface area contributed by atoms with Crippen LogP contribution in [0.25, 0.3) is 0 Å². The van der Waals surface area contributed by atoms with Crippen LogP contribution in [-0.2, 0) is 0 Å². The molecule has 0 amide bonds. The maximum Gasteiger partial charge on any atom is 0.0964 e. The molecule has 3 saturated carbocycles. The molecule has 3 fully saturated rings.